The summed E-state index contributed by atoms with van der Waals surface area (Å²) in [4.78, 5) is 6.94. The van der Waals surface area contributed by atoms with E-state index < -0.39 is 0 Å². The molecule has 0 unspecified atom stereocenters. The number of ether oxygens (including phenoxy) is 1. The van der Waals surface area contributed by atoms with Gasteiger partial charge in [0.2, 0.25) is 0 Å². The number of rotatable bonds is 6. The maximum absolute atomic E-state index is 5.52. The Morgan fingerprint density at radius 3 is 2.62 bits per heavy atom. The van der Waals surface area contributed by atoms with E-state index in [2.05, 4.69) is 52.3 Å². The van der Waals surface area contributed by atoms with Gasteiger partial charge in [0.05, 0.1) is 12.3 Å². The van der Waals surface area contributed by atoms with Crippen LogP contribution >= 0.6 is 0 Å². The SMILES string of the molecule is c1ccc(CN(Cc2ccccn2)C[C@@H]2CCOC2)cc1. The highest BCUT2D eigenvalue weighted by molar-refractivity contribution is 5.15. The fourth-order valence-corrected chi connectivity index (χ4v) is 2.84. The van der Waals surface area contributed by atoms with Gasteiger partial charge in [-0.25, -0.2) is 0 Å². The third kappa shape index (κ3) is 4.38. The molecular weight excluding hydrogens is 260 g/mol. The minimum atomic E-state index is 0.650. The molecule has 1 saturated heterocycles. The molecule has 0 amide bonds. The van der Waals surface area contributed by atoms with E-state index in [0.29, 0.717) is 5.92 Å². The Bertz CT molecular complexity index is 482. The molecule has 0 radical (unpaired) electrons. The van der Waals surface area contributed by atoms with E-state index >= 15 is 0 Å². The molecule has 3 rings (SSSR count). The van der Waals surface area contributed by atoms with Crippen molar-refractivity contribution in [3.05, 3.63) is 66.0 Å². The first-order valence-electron chi connectivity index (χ1n) is 7.64. The van der Waals surface area contributed by atoms with E-state index in [0.717, 1.165) is 38.5 Å². The predicted octanol–water partition coefficient (Wildman–Crippen LogP) is 3.12. The van der Waals surface area contributed by atoms with Gasteiger partial charge in [0.1, 0.15) is 0 Å². The zero-order valence-electron chi connectivity index (χ0n) is 12.3. The second-order valence-electron chi connectivity index (χ2n) is 5.71. The van der Waals surface area contributed by atoms with Gasteiger partial charge >= 0.3 is 0 Å². The molecule has 1 aliphatic heterocycles. The van der Waals surface area contributed by atoms with E-state index in [1.165, 1.54) is 12.0 Å². The van der Waals surface area contributed by atoms with Crippen molar-refractivity contribution in [3.63, 3.8) is 0 Å². The average Bonchev–Trinajstić information content (AvgIpc) is 3.02. The van der Waals surface area contributed by atoms with E-state index in [1.54, 1.807) is 0 Å². The van der Waals surface area contributed by atoms with Gasteiger partial charge in [-0.05, 0) is 30.0 Å². The number of nitrogens with zero attached hydrogens (tertiary/aromatic N) is 2. The summed E-state index contributed by atoms with van der Waals surface area (Å²) >= 11 is 0. The molecule has 2 heterocycles. The second kappa shape index (κ2) is 7.34. The van der Waals surface area contributed by atoms with Crippen molar-refractivity contribution in [2.45, 2.75) is 19.5 Å². The van der Waals surface area contributed by atoms with Crippen LogP contribution in [-0.4, -0.2) is 29.6 Å². The topological polar surface area (TPSA) is 25.4 Å². The van der Waals surface area contributed by atoms with Gasteiger partial charge in [-0.15, -0.1) is 0 Å². The van der Waals surface area contributed by atoms with Crippen molar-refractivity contribution < 1.29 is 4.74 Å². The summed E-state index contributed by atoms with van der Waals surface area (Å²) in [6, 6.07) is 16.8. The van der Waals surface area contributed by atoms with Crippen LogP contribution in [0.3, 0.4) is 0 Å². The summed E-state index contributed by atoms with van der Waals surface area (Å²) in [5.74, 6) is 0.650. The van der Waals surface area contributed by atoms with Gasteiger partial charge in [0.15, 0.2) is 0 Å². The molecule has 1 fully saturated rings. The predicted molar refractivity (Wildman–Crippen MR) is 83.7 cm³/mol. The second-order valence-corrected chi connectivity index (χ2v) is 5.71. The van der Waals surface area contributed by atoms with Crippen LogP contribution in [0.15, 0.2) is 54.7 Å². The van der Waals surface area contributed by atoms with E-state index in [9.17, 15) is 0 Å². The lowest BCUT2D eigenvalue weighted by molar-refractivity contribution is 0.161. The van der Waals surface area contributed by atoms with Crippen LogP contribution in [-0.2, 0) is 17.8 Å². The summed E-state index contributed by atoms with van der Waals surface area (Å²) in [6.45, 7) is 4.74. The number of hydrogen-bond acceptors (Lipinski definition) is 3. The molecule has 0 aliphatic carbocycles. The third-order valence-corrected chi connectivity index (χ3v) is 3.90. The largest absolute Gasteiger partial charge is 0.381 e. The van der Waals surface area contributed by atoms with Crippen molar-refractivity contribution in [1.82, 2.24) is 9.88 Å². The van der Waals surface area contributed by atoms with Crippen LogP contribution < -0.4 is 0 Å². The molecule has 0 N–H and O–H groups in total. The van der Waals surface area contributed by atoms with Crippen LogP contribution in [0.2, 0.25) is 0 Å². The Balaban J connectivity index is 1.67. The van der Waals surface area contributed by atoms with Crippen molar-refractivity contribution in [3.8, 4) is 0 Å². The maximum atomic E-state index is 5.52. The van der Waals surface area contributed by atoms with Crippen LogP contribution in [0.4, 0.5) is 0 Å². The van der Waals surface area contributed by atoms with Crippen LogP contribution in [0.1, 0.15) is 17.7 Å². The molecule has 1 aromatic carbocycles. The van der Waals surface area contributed by atoms with Crippen molar-refractivity contribution in [1.29, 1.82) is 0 Å². The Kier molecular flexibility index (Phi) is 4.98. The fourth-order valence-electron chi connectivity index (χ4n) is 2.84. The van der Waals surface area contributed by atoms with Gasteiger partial charge in [-0.3, -0.25) is 9.88 Å². The molecule has 3 nitrogen and oxygen atoms in total. The van der Waals surface area contributed by atoms with Crippen LogP contribution in [0.5, 0.6) is 0 Å². The zero-order chi connectivity index (χ0) is 14.3. The Hall–Kier alpha value is -1.71. The third-order valence-electron chi connectivity index (χ3n) is 3.90. The highest BCUT2D eigenvalue weighted by atomic mass is 16.5. The summed E-state index contributed by atoms with van der Waals surface area (Å²) in [7, 11) is 0. The minimum absolute atomic E-state index is 0.650. The smallest absolute Gasteiger partial charge is 0.0544 e. The van der Waals surface area contributed by atoms with Crippen molar-refractivity contribution in [2.24, 2.45) is 5.92 Å². The summed E-state index contributed by atoms with van der Waals surface area (Å²) in [5.41, 5.74) is 2.49. The highest BCUT2D eigenvalue weighted by Crippen LogP contribution is 2.17. The van der Waals surface area contributed by atoms with Crippen LogP contribution in [0, 0.1) is 5.92 Å². The lowest BCUT2D eigenvalue weighted by Crippen LogP contribution is -2.29. The molecule has 3 heteroatoms. The molecule has 0 spiro atoms. The highest BCUT2D eigenvalue weighted by Gasteiger charge is 2.19. The maximum Gasteiger partial charge on any atom is 0.0544 e. The van der Waals surface area contributed by atoms with E-state index in [-0.39, 0.29) is 0 Å². The summed E-state index contributed by atoms with van der Waals surface area (Å²) in [5, 5.41) is 0. The number of pyridine rings is 1. The number of aromatic nitrogens is 1. The molecule has 110 valence electrons. The first-order valence-corrected chi connectivity index (χ1v) is 7.64. The van der Waals surface area contributed by atoms with Gasteiger partial charge in [-0.1, -0.05) is 36.4 Å². The molecule has 0 saturated carbocycles. The first kappa shape index (κ1) is 14.2. The molecule has 0 bridgehead atoms. The van der Waals surface area contributed by atoms with E-state index in [1.807, 2.05) is 12.3 Å². The Labute approximate surface area is 126 Å². The summed E-state index contributed by atoms with van der Waals surface area (Å²) in [6.07, 6.45) is 3.04. The van der Waals surface area contributed by atoms with Gasteiger partial charge < -0.3 is 4.74 Å². The molecule has 1 aliphatic rings. The Morgan fingerprint density at radius 2 is 1.90 bits per heavy atom. The molecule has 1 aromatic heterocycles. The minimum Gasteiger partial charge on any atom is -0.381 e. The van der Waals surface area contributed by atoms with Gasteiger partial charge in [0.25, 0.3) is 0 Å². The average molecular weight is 282 g/mol. The summed E-state index contributed by atoms with van der Waals surface area (Å²) < 4.78 is 5.52. The van der Waals surface area contributed by atoms with Gasteiger partial charge in [0, 0.05) is 32.4 Å². The molecular formula is C18H22N2O. The van der Waals surface area contributed by atoms with E-state index in [4.69, 9.17) is 4.74 Å². The quantitative estimate of drug-likeness (QED) is 0.814. The monoisotopic (exact) mass is 282 g/mol. The molecule has 1 atom stereocenters. The van der Waals surface area contributed by atoms with Gasteiger partial charge in [-0.2, -0.15) is 0 Å². The normalized spacial score (nSPS) is 18.2. The van der Waals surface area contributed by atoms with Crippen molar-refractivity contribution in [2.75, 3.05) is 19.8 Å². The number of hydrogen-bond donors (Lipinski definition) is 0. The molecule has 2 aromatic rings. The molecule has 21 heavy (non-hydrogen) atoms. The van der Waals surface area contributed by atoms with Crippen molar-refractivity contribution >= 4 is 0 Å². The fraction of sp³-hybridized carbons (Fsp3) is 0.389. The Morgan fingerprint density at radius 1 is 1.05 bits per heavy atom. The zero-order valence-corrected chi connectivity index (χ0v) is 12.3. The first-order chi connectivity index (χ1) is 10.4. The lowest BCUT2D eigenvalue weighted by atomic mass is 10.1. The lowest BCUT2D eigenvalue weighted by Gasteiger charge is -2.24. The number of benzene rings is 1. The standard InChI is InChI=1S/C18H22N2O/c1-2-6-16(7-3-1)12-20(13-17-9-11-21-15-17)14-18-8-4-5-10-19-18/h1-8,10,17H,9,11-15H2/t17-/m0/s1. The van der Waals surface area contributed by atoms with Crippen LogP contribution in [0.25, 0.3) is 0 Å².